The van der Waals surface area contributed by atoms with Crippen LogP contribution in [0.3, 0.4) is 0 Å². The quantitative estimate of drug-likeness (QED) is 0.576. The minimum atomic E-state index is -0.355. The topological polar surface area (TPSA) is 73.3 Å². The lowest BCUT2D eigenvalue weighted by Gasteiger charge is -2.18. The van der Waals surface area contributed by atoms with Crippen LogP contribution in [0.2, 0.25) is 0 Å². The predicted molar refractivity (Wildman–Crippen MR) is 74.9 cm³/mol. The van der Waals surface area contributed by atoms with Gasteiger partial charge in [-0.05, 0) is 42.5 Å². The van der Waals surface area contributed by atoms with Crippen LogP contribution in [-0.2, 0) is 6.54 Å². The Labute approximate surface area is 117 Å². The van der Waals surface area contributed by atoms with Crippen molar-refractivity contribution in [2.24, 2.45) is 17.6 Å². The molecule has 0 radical (unpaired) electrons. The molecule has 1 saturated carbocycles. The SMILES string of the molecule is N=C(N)c1cc(F)cc(CN2CC3CCC(O)C3C2)c1. The van der Waals surface area contributed by atoms with E-state index in [2.05, 4.69) is 4.90 Å². The zero-order chi connectivity index (χ0) is 14.3. The summed E-state index contributed by atoms with van der Waals surface area (Å²) in [7, 11) is 0. The number of nitrogens with one attached hydrogen (secondary N) is 1. The molecule has 2 aliphatic rings. The van der Waals surface area contributed by atoms with E-state index in [1.165, 1.54) is 12.1 Å². The number of aliphatic hydroxyl groups is 1. The van der Waals surface area contributed by atoms with E-state index in [0.29, 0.717) is 23.9 Å². The van der Waals surface area contributed by atoms with E-state index in [4.69, 9.17) is 11.1 Å². The van der Waals surface area contributed by atoms with Gasteiger partial charge in [-0.25, -0.2) is 4.39 Å². The highest BCUT2D eigenvalue weighted by Crippen LogP contribution is 2.38. The fourth-order valence-electron chi connectivity index (χ4n) is 3.61. The van der Waals surface area contributed by atoms with Gasteiger partial charge in [-0.2, -0.15) is 0 Å². The zero-order valence-electron chi connectivity index (χ0n) is 11.3. The summed E-state index contributed by atoms with van der Waals surface area (Å²) in [5, 5.41) is 17.3. The summed E-state index contributed by atoms with van der Waals surface area (Å²) < 4.78 is 13.5. The van der Waals surface area contributed by atoms with Crippen LogP contribution in [0.25, 0.3) is 0 Å². The lowest BCUT2D eigenvalue weighted by Crippen LogP contribution is -2.24. The van der Waals surface area contributed by atoms with E-state index in [1.54, 1.807) is 6.07 Å². The fourth-order valence-corrected chi connectivity index (χ4v) is 3.61. The third-order valence-corrected chi connectivity index (χ3v) is 4.57. The Morgan fingerprint density at radius 3 is 2.85 bits per heavy atom. The Bertz CT molecular complexity index is 534. The number of aliphatic hydroxyl groups excluding tert-OH is 1. The standard InChI is InChI=1S/C15H20FN3O/c16-12-4-9(3-11(5-12)15(17)18)6-19-7-10-1-2-14(20)13(10)8-19/h3-5,10,13-14,20H,1-2,6-8H2,(H3,17,18). The molecule has 2 fully saturated rings. The van der Waals surface area contributed by atoms with Crippen LogP contribution in [0.1, 0.15) is 24.0 Å². The van der Waals surface area contributed by atoms with Crippen molar-refractivity contribution in [3.8, 4) is 0 Å². The Balaban J connectivity index is 1.71. The highest BCUT2D eigenvalue weighted by molar-refractivity contribution is 5.95. The van der Waals surface area contributed by atoms with E-state index in [1.807, 2.05) is 0 Å². The Morgan fingerprint density at radius 1 is 1.35 bits per heavy atom. The minimum absolute atomic E-state index is 0.112. The molecule has 20 heavy (non-hydrogen) atoms. The number of likely N-dealkylation sites (tertiary alicyclic amines) is 1. The first-order valence-corrected chi connectivity index (χ1v) is 7.07. The van der Waals surface area contributed by atoms with Crippen molar-refractivity contribution in [1.82, 2.24) is 4.90 Å². The third-order valence-electron chi connectivity index (χ3n) is 4.57. The average Bonchev–Trinajstić information content (AvgIpc) is 2.91. The molecule has 1 aromatic carbocycles. The number of nitrogen functional groups attached to an aromatic ring is 1. The van der Waals surface area contributed by atoms with E-state index < -0.39 is 0 Å². The van der Waals surface area contributed by atoms with Gasteiger partial charge in [0.1, 0.15) is 11.7 Å². The first-order chi connectivity index (χ1) is 9.52. The number of nitrogens with two attached hydrogens (primary N) is 1. The highest BCUT2D eigenvalue weighted by Gasteiger charge is 2.41. The van der Waals surface area contributed by atoms with Crippen molar-refractivity contribution in [2.75, 3.05) is 13.1 Å². The van der Waals surface area contributed by atoms with Gasteiger partial charge >= 0.3 is 0 Å². The second-order valence-corrected chi connectivity index (χ2v) is 6.02. The van der Waals surface area contributed by atoms with Gasteiger partial charge in [-0.3, -0.25) is 10.3 Å². The third kappa shape index (κ3) is 2.55. The summed E-state index contributed by atoms with van der Waals surface area (Å²) in [4.78, 5) is 2.26. The van der Waals surface area contributed by atoms with E-state index in [-0.39, 0.29) is 17.8 Å². The summed E-state index contributed by atoms with van der Waals surface area (Å²) in [6, 6.07) is 4.56. The van der Waals surface area contributed by atoms with Crippen LogP contribution in [0.15, 0.2) is 18.2 Å². The van der Waals surface area contributed by atoms with Crippen molar-refractivity contribution in [3.05, 3.63) is 35.1 Å². The second-order valence-electron chi connectivity index (χ2n) is 6.02. The summed E-state index contributed by atoms with van der Waals surface area (Å²) in [5.74, 6) is 0.480. The van der Waals surface area contributed by atoms with Crippen LogP contribution in [0.4, 0.5) is 4.39 Å². The van der Waals surface area contributed by atoms with Crippen molar-refractivity contribution in [1.29, 1.82) is 5.41 Å². The maximum absolute atomic E-state index is 13.5. The molecule has 1 aliphatic heterocycles. The molecule has 3 unspecified atom stereocenters. The molecular weight excluding hydrogens is 257 g/mol. The summed E-state index contributed by atoms with van der Waals surface area (Å²) >= 11 is 0. The molecule has 3 rings (SSSR count). The van der Waals surface area contributed by atoms with Gasteiger partial charge in [0.25, 0.3) is 0 Å². The molecule has 3 atom stereocenters. The van der Waals surface area contributed by atoms with Crippen LogP contribution in [0, 0.1) is 23.1 Å². The smallest absolute Gasteiger partial charge is 0.124 e. The summed E-state index contributed by atoms with van der Waals surface area (Å²) in [6.07, 6.45) is 1.83. The lowest BCUT2D eigenvalue weighted by atomic mass is 10.00. The molecule has 0 bridgehead atoms. The zero-order valence-corrected chi connectivity index (χ0v) is 11.3. The first-order valence-electron chi connectivity index (χ1n) is 7.07. The van der Waals surface area contributed by atoms with Gasteiger partial charge in [0.15, 0.2) is 0 Å². The predicted octanol–water partition coefficient (Wildman–Crippen LogP) is 1.31. The van der Waals surface area contributed by atoms with E-state index in [0.717, 1.165) is 31.5 Å². The number of benzene rings is 1. The number of fused-ring (bicyclic) bond motifs is 1. The molecule has 4 nitrogen and oxygen atoms in total. The number of halogens is 1. The van der Waals surface area contributed by atoms with Crippen LogP contribution < -0.4 is 5.73 Å². The maximum Gasteiger partial charge on any atom is 0.124 e. The van der Waals surface area contributed by atoms with Gasteiger partial charge in [-0.15, -0.1) is 0 Å². The summed E-state index contributed by atoms with van der Waals surface area (Å²) in [6.45, 7) is 2.49. The molecule has 0 spiro atoms. The number of nitrogens with zero attached hydrogens (tertiary/aromatic N) is 1. The molecule has 108 valence electrons. The monoisotopic (exact) mass is 277 g/mol. The second kappa shape index (κ2) is 5.14. The van der Waals surface area contributed by atoms with Crippen LogP contribution in [-0.4, -0.2) is 35.0 Å². The van der Waals surface area contributed by atoms with Crippen LogP contribution in [0.5, 0.6) is 0 Å². The number of amidine groups is 1. The van der Waals surface area contributed by atoms with Crippen molar-refractivity contribution < 1.29 is 9.50 Å². The number of rotatable bonds is 3. The molecule has 0 aromatic heterocycles. The molecule has 1 heterocycles. The van der Waals surface area contributed by atoms with Gasteiger partial charge in [0, 0.05) is 31.1 Å². The molecule has 5 heteroatoms. The Kier molecular flexibility index (Phi) is 3.48. The molecule has 4 N–H and O–H groups in total. The minimum Gasteiger partial charge on any atom is -0.393 e. The first kappa shape index (κ1) is 13.5. The van der Waals surface area contributed by atoms with E-state index in [9.17, 15) is 9.50 Å². The molecular formula is C15H20FN3O. The molecule has 1 aromatic rings. The van der Waals surface area contributed by atoms with Crippen molar-refractivity contribution in [2.45, 2.75) is 25.5 Å². The largest absolute Gasteiger partial charge is 0.393 e. The molecule has 0 amide bonds. The normalized spacial score (nSPS) is 29.6. The van der Waals surface area contributed by atoms with Gasteiger partial charge in [-0.1, -0.05) is 0 Å². The summed E-state index contributed by atoms with van der Waals surface area (Å²) in [5.41, 5.74) is 6.69. The van der Waals surface area contributed by atoms with Gasteiger partial charge in [0.05, 0.1) is 6.10 Å². The van der Waals surface area contributed by atoms with Crippen molar-refractivity contribution in [3.63, 3.8) is 0 Å². The fraction of sp³-hybridized carbons (Fsp3) is 0.533. The lowest BCUT2D eigenvalue weighted by molar-refractivity contribution is 0.123. The van der Waals surface area contributed by atoms with Crippen LogP contribution >= 0.6 is 0 Å². The molecule has 1 saturated heterocycles. The number of hydrogen-bond acceptors (Lipinski definition) is 3. The van der Waals surface area contributed by atoms with Gasteiger partial charge < -0.3 is 10.8 Å². The maximum atomic E-state index is 13.5. The van der Waals surface area contributed by atoms with E-state index >= 15 is 0 Å². The highest BCUT2D eigenvalue weighted by atomic mass is 19.1. The average molecular weight is 277 g/mol. The Morgan fingerprint density at radius 2 is 2.15 bits per heavy atom. The number of hydrogen-bond donors (Lipinski definition) is 3. The Hall–Kier alpha value is -1.46. The van der Waals surface area contributed by atoms with Gasteiger partial charge in [0.2, 0.25) is 0 Å². The molecule has 1 aliphatic carbocycles. The van der Waals surface area contributed by atoms with Crippen molar-refractivity contribution >= 4 is 5.84 Å².